The van der Waals surface area contributed by atoms with Crippen molar-refractivity contribution in [2.45, 2.75) is 12.8 Å². The summed E-state index contributed by atoms with van der Waals surface area (Å²) in [5.74, 6) is 3.19. The first-order valence-electron chi connectivity index (χ1n) is 4.40. The van der Waals surface area contributed by atoms with Gasteiger partial charge < -0.3 is 5.73 Å². The van der Waals surface area contributed by atoms with Gasteiger partial charge >= 0.3 is 6.03 Å². The van der Waals surface area contributed by atoms with E-state index < -0.39 is 6.03 Å². The molecule has 4 aliphatic carbocycles. The maximum Gasteiger partial charge on any atom is 0.332 e. The number of primary amides is 1. The van der Waals surface area contributed by atoms with Gasteiger partial charge in [0, 0.05) is 11.6 Å². The zero-order valence-corrected chi connectivity index (χ0v) is 6.66. The molecular formula is C8H11N3O. The molecule has 0 aromatic heterocycles. The number of rotatable bonds is 1. The van der Waals surface area contributed by atoms with Crippen LogP contribution in [0, 0.1) is 23.7 Å². The molecule has 2 atom stereocenters. The van der Waals surface area contributed by atoms with Crippen molar-refractivity contribution in [3.05, 3.63) is 0 Å². The first-order valence-corrected chi connectivity index (χ1v) is 4.40. The number of nitrogens with one attached hydrogen (secondary N) is 1. The first kappa shape index (κ1) is 6.46. The second kappa shape index (κ2) is 1.81. The van der Waals surface area contributed by atoms with Crippen molar-refractivity contribution in [3.63, 3.8) is 0 Å². The molecule has 4 heteroatoms. The highest BCUT2D eigenvalue weighted by Gasteiger charge is 2.67. The van der Waals surface area contributed by atoms with E-state index in [0.717, 1.165) is 11.8 Å². The maximum absolute atomic E-state index is 10.4. The van der Waals surface area contributed by atoms with Crippen molar-refractivity contribution >= 4 is 11.7 Å². The van der Waals surface area contributed by atoms with Crippen LogP contribution in [0.3, 0.4) is 0 Å². The van der Waals surface area contributed by atoms with Crippen LogP contribution in [-0.2, 0) is 0 Å². The molecule has 64 valence electrons. The van der Waals surface area contributed by atoms with Gasteiger partial charge in [0.25, 0.3) is 0 Å². The van der Waals surface area contributed by atoms with Gasteiger partial charge in [-0.1, -0.05) is 0 Å². The number of nitrogens with two attached hydrogens (primary N) is 1. The van der Waals surface area contributed by atoms with Crippen LogP contribution < -0.4 is 11.2 Å². The summed E-state index contributed by atoms with van der Waals surface area (Å²) < 4.78 is 0. The lowest BCUT2D eigenvalue weighted by Crippen LogP contribution is -2.26. The van der Waals surface area contributed by atoms with Gasteiger partial charge in [0.1, 0.15) is 0 Å². The Bertz CT molecular complexity index is 270. The summed E-state index contributed by atoms with van der Waals surface area (Å²) >= 11 is 0. The SMILES string of the molecule is NC(=O)N/N=C1/C2CC3C(C2)C13. The average molecular weight is 165 g/mol. The molecule has 12 heavy (non-hydrogen) atoms. The summed E-state index contributed by atoms with van der Waals surface area (Å²) in [6, 6.07) is -0.552. The number of nitrogens with zero attached hydrogens (tertiary/aromatic N) is 1. The minimum Gasteiger partial charge on any atom is -0.350 e. The highest BCUT2D eigenvalue weighted by molar-refractivity contribution is 5.97. The summed E-state index contributed by atoms with van der Waals surface area (Å²) in [4.78, 5) is 10.4. The van der Waals surface area contributed by atoms with Crippen molar-refractivity contribution in [1.29, 1.82) is 0 Å². The smallest absolute Gasteiger partial charge is 0.332 e. The highest BCUT2D eigenvalue weighted by Crippen LogP contribution is 2.68. The Labute approximate surface area is 70.2 Å². The van der Waals surface area contributed by atoms with Crippen molar-refractivity contribution in [2.24, 2.45) is 34.5 Å². The molecule has 4 fully saturated rings. The molecule has 4 rings (SSSR count). The monoisotopic (exact) mass is 165 g/mol. The molecule has 2 amide bonds. The predicted molar refractivity (Wildman–Crippen MR) is 43.3 cm³/mol. The van der Waals surface area contributed by atoms with Crippen LogP contribution in [0.1, 0.15) is 12.8 Å². The summed E-state index contributed by atoms with van der Waals surface area (Å²) in [5, 5.41) is 4.06. The third-order valence-corrected chi connectivity index (χ3v) is 3.50. The molecule has 3 N–H and O–H groups in total. The summed E-state index contributed by atoms with van der Waals surface area (Å²) in [7, 11) is 0. The first-order chi connectivity index (χ1) is 5.77. The molecule has 0 aliphatic heterocycles. The van der Waals surface area contributed by atoms with Gasteiger partial charge in [-0.05, 0) is 30.6 Å². The van der Waals surface area contributed by atoms with Crippen molar-refractivity contribution in [3.8, 4) is 0 Å². The molecule has 0 heterocycles. The Morgan fingerprint density at radius 1 is 1.50 bits per heavy atom. The Hall–Kier alpha value is -1.06. The lowest BCUT2D eigenvalue weighted by molar-refractivity contribution is 0.249. The number of carbonyl (C=O) groups excluding carboxylic acids is 1. The van der Waals surface area contributed by atoms with Crippen LogP contribution in [0.25, 0.3) is 0 Å². The van der Waals surface area contributed by atoms with Gasteiger partial charge in [0.2, 0.25) is 0 Å². The van der Waals surface area contributed by atoms with E-state index in [9.17, 15) is 4.79 Å². The van der Waals surface area contributed by atoms with Crippen LogP contribution in [0.5, 0.6) is 0 Å². The lowest BCUT2D eigenvalue weighted by Gasteiger charge is -2.01. The summed E-state index contributed by atoms with van der Waals surface area (Å²) in [6.07, 6.45) is 2.60. The molecule has 4 bridgehead atoms. The summed E-state index contributed by atoms with van der Waals surface area (Å²) in [5.41, 5.74) is 8.47. The zero-order chi connectivity index (χ0) is 8.29. The highest BCUT2D eigenvalue weighted by atomic mass is 16.2. The molecule has 0 aromatic rings. The van der Waals surface area contributed by atoms with Gasteiger partial charge in [-0.25, -0.2) is 10.2 Å². The topological polar surface area (TPSA) is 67.5 Å². The average Bonchev–Trinajstić information content (AvgIpc) is 2.49. The van der Waals surface area contributed by atoms with E-state index >= 15 is 0 Å². The maximum atomic E-state index is 10.4. The molecule has 0 spiro atoms. The largest absolute Gasteiger partial charge is 0.350 e. The molecule has 2 unspecified atom stereocenters. The quantitative estimate of drug-likeness (QED) is 0.539. The molecule has 4 saturated carbocycles. The van der Waals surface area contributed by atoms with Crippen molar-refractivity contribution in [1.82, 2.24) is 5.43 Å². The molecule has 0 saturated heterocycles. The number of urea groups is 1. The van der Waals surface area contributed by atoms with Gasteiger partial charge in [0.05, 0.1) is 0 Å². The van der Waals surface area contributed by atoms with E-state index in [-0.39, 0.29) is 0 Å². The molecule has 4 nitrogen and oxygen atoms in total. The minimum absolute atomic E-state index is 0.552. The Kier molecular flexibility index (Phi) is 0.975. The number of amides is 2. The number of hydrazone groups is 1. The fourth-order valence-electron chi connectivity index (χ4n) is 3.08. The number of carbonyl (C=O) groups is 1. The van der Waals surface area contributed by atoms with E-state index in [1.807, 2.05) is 0 Å². The van der Waals surface area contributed by atoms with Crippen LogP contribution in [0.4, 0.5) is 4.79 Å². The fourth-order valence-corrected chi connectivity index (χ4v) is 3.08. The minimum atomic E-state index is -0.552. The standard InChI is InChI=1S/C8H11N3O/c9-8(12)11-10-7-3-1-4-5(2-3)6(4)7/h3-6H,1-2H2,(H3,9,11,12)/b10-7-. The Morgan fingerprint density at radius 2 is 2.17 bits per heavy atom. The van der Waals surface area contributed by atoms with E-state index in [0.29, 0.717) is 11.8 Å². The third-order valence-electron chi connectivity index (χ3n) is 3.50. The second-order valence-corrected chi connectivity index (χ2v) is 4.03. The zero-order valence-electron chi connectivity index (χ0n) is 6.66. The number of hydrogen-bond donors (Lipinski definition) is 2. The van der Waals surface area contributed by atoms with Gasteiger partial charge in [-0.3, -0.25) is 0 Å². The fraction of sp³-hybridized carbons (Fsp3) is 0.750. The molecule has 0 aromatic carbocycles. The Morgan fingerprint density at radius 3 is 2.58 bits per heavy atom. The number of hydrogen-bond acceptors (Lipinski definition) is 2. The van der Waals surface area contributed by atoms with Crippen LogP contribution in [0.2, 0.25) is 0 Å². The predicted octanol–water partition coefficient (Wildman–Crippen LogP) is 0.296. The lowest BCUT2D eigenvalue weighted by atomic mass is 10.1. The van der Waals surface area contributed by atoms with Gasteiger partial charge in [-0.15, -0.1) is 0 Å². The molecule has 4 aliphatic rings. The van der Waals surface area contributed by atoms with E-state index in [4.69, 9.17) is 5.73 Å². The Balaban J connectivity index is 1.79. The van der Waals surface area contributed by atoms with Crippen LogP contribution in [-0.4, -0.2) is 11.7 Å². The van der Waals surface area contributed by atoms with Crippen molar-refractivity contribution in [2.75, 3.05) is 0 Å². The molecular weight excluding hydrogens is 154 g/mol. The van der Waals surface area contributed by atoms with Gasteiger partial charge in [-0.2, -0.15) is 5.10 Å². The van der Waals surface area contributed by atoms with Crippen molar-refractivity contribution < 1.29 is 4.79 Å². The van der Waals surface area contributed by atoms with Crippen LogP contribution >= 0.6 is 0 Å². The van der Waals surface area contributed by atoms with Gasteiger partial charge in [0.15, 0.2) is 0 Å². The van der Waals surface area contributed by atoms with E-state index in [1.165, 1.54) is 18.6 Å². The van der Waals surface area contributed by atoms with E-state index in [1.54, 1.807) is 0 Å². The summed E-state index contributed by atoms with van der Waals surface area (Å²) in [6.45, 7) is 0. The normalized spacial score (nSPS) is 49.8. The molecule has 0 radical (unpaired) electrons. The second-order valence-electron chi connectivity index (χ2n) is 4.03. The van der Waals surface area contributed by atoms with Crippen LogP contribution in [0.15, 0.2) is 5.10 Å². The van der Waals surface area contributed by atoms with E-state index in [2.05, 4.69) is 10.5 Å². The third kappa shape index (κ3) is 0.629.